The number of aromatic nitrogens is 2. The van der Waals surface area contributed by atoms with Gasteiger partial charge >= 0.3 is 6.55 Å². The quantitative estimate of drug-likeness (QED) is 0.840. The van der Waals surface area contributed by atoms with Crippen molar-refractivity contribution in [3.05, 3.63) is 47.3 Å². The number of carbonyl (C=O) groups is 2. The van der Waals surface area contributed by atoms with Crippen molar-refractivity contribution in [1.82, 2.24) is 15.1 Å². The lowest BCUT2D eigenvalue weighted by molar-refractivity contribution is 0.0561. The van der Waals surface area contributed by atoms with Gasteiger partial charge in [-0.15, -0.1) is 0 Å². The number of benzene rings is 1. The molecule has 0 spiro atoms. The zero-order chi connectivity index (χ0) is 18.6. The Bertz CT molecular complexity index is 772. The van der Waals surface area contributed by atoms with E-state index >= 15 is 0 Å². The summed E-state index contributed by atoms with van der Waals surface area (Å²) >= 11 is 0. The lowest BCUT2D eigenvalue weighted by Gasteiger charge is -2.11. The van der Waals surface area contributed by atoms with Gasteiger partial charge in [-0.2, -0.15) is 13.9 Å². The average Bonchev–Trinajstić information content (AvgIpc) is 3.05. The van der Waals surface area contributed by atoms with Crippen molar-refractivity contribution in [2.45, 2.75) is 27.3 Å². The Morgan fingerprint density at radius 1 is 1.20 bits per heavy atom. The Hall–Kier alpha value is -2.77. The molecule has 2 N–H and O–H groups in total. The van der Waals surface area contributed by atoms with E-state index in [1.54, 1.807) is 25.1 Å². The highest BCUT2D eigenvalue weighted by molar-refractivity contribution is 6.04. The minimum atomic E-state index is -2.81. The van der Waals surface area contributed by atoms with Crippen LogP contribution in [-0.4, -0.2) is 28.1 Å². The second kappa shape index (κ2) is 7.87. The van der Waals surface area contributed by atoms with Crippen LogP contribution in [0.15, 0.2) is 30.5 Å². The van der Waals surface area contributed by atoms with Crippen LogP contribution >= 0.6 is 0 Å². The van der Waals surface area contributed by atoms with Gasteiger partial charge in [0.15, 0.2) is 5.69 Å². The summed E-state index contributed by atoms with van der Waals surface area (Å²) in [6, 6.07) is 6.12. The summed E-state index contributed by atoms with van der Waals surface area (Å²) < 4.78 is 25.5. The first-order valence-electron chi connectivity index (χ1n) is 7.81. The highest BCUT2D eigenvalue weighted by Gasteiger charge is 2.15. The van der Waals surface area contributed by atoms with Crippen LogP contribution in [0.3, 0.4) is 0 Å². The van der Waals surface area contributed by atoms with E-state index in [4.69, 9.17) is 0 Å². The van der Waals surface area contributed by atoms with Gasteiger partial charge in [-0.05, 0) is 36.6 Å². The summed E-state index contributed by atoms with van der Waals surface area (Å²) in [5.41, 5.74) is 1.44. The van der Waals surface area contributed by atoms with Crippen LogP contribution in [0, 0.1) is 12.8 Å². The molecule has 134 valence electrons. The molecule has 25 heavy (non-hydrogen) atoms. The smallest absolute Gasteiger partial charge is 0.333 e. The summed E-state index contributed by atoms with van der Waals surface area (Å²) in [4.78, 5) is 24.3. The first-order valence-corrected chi connectivity index (χ1v) is 7.81. The van der Waals surface area contributed by atoms with Gasteiger partial charge in [0.1, 0.15) is 0 Å². The topological polar surface area (TPSA) is 76.0 Å². The van der Waals surface area contributed by atoms with Crippen LogP contribution in [-0.2, 0) is 0 Å². The molecule has 0 atom stereocenters. The van der Waals surface area contributed by atoms with Crippen LogP contribution in [0.2, 0.25) is 0 Å². The van der Waals surface area contributed by atoms with E-state index in [9.17, 15) is 18.4 Å². The fraction of sp³-hybridized carbons (Fsp3) is 0.353. The molecule has 2 rings (SSSR count). The number of nitrogens with zero attached hydrogens (tertiary/aromatic N) is 2. The van der Waals surface area contributed by atoms with E-state index in [2.05, 4.69) is 15.7 Å². The number of alkyl halides is 2. The SMILES string of the molecule is Cc1ccc(C(=O)NCC(C)C)cc1NC(=O)c1ccn(C(F)F)n1. The molecule has 2 amide bonds. The van der Waals surface area contributed by atoms with Crippen molar-refractivity contribution in [3.8, 4) is 0 Å². The Morgan fingerprint density at radius 3 is 2.52 bits per heavy atom. The van der Waals surface area contributed by atoms with Crippen molar-refractivity contribution < 1.29 is 18.4 Å². The van der Waals surface area contributed by atoms with E-state index in [1.807, 2.05) is 13.8 Å². The van der Waals surface area contributed by atoms with Crippen molar-refractivity contribution in [2.75, 3.05) is 11.9 Å². The summed E-state index contributed by atoms with van der Waals surface area (Å²) in [7, 11) is 0. The lowest BCUT2D eigenvalue weighted by Crippen LogP contribution is -2.27. The average molecular weight is 350 g/mol. The minimum absolute atomic E-state index is 0.130. The number of halogens is 2. The Balaban J connectivity index is 2.14. The van der Waals surface area contributed by atoms with E-state index in [0.717, 1.165) is 11.8 Å². The largest absolute Gasteiger partial charge is 0.352 e. The molecule has 1 aromatic carbocycles. The van der Waals surface area contributed by atoms with E-state index < -0.39 is 12.5 Å². The molecule has 0 aliphatic rings. The minimum Gasteiger partial charge on any atom is -0.352 e. The molecule has 0 aliphatic carbocycles. The normalized spacial score (nSPS) is 11.0. The Labute approximate surface area is 144 Å². The zero-order valence-corrected chi connectivity index (χ0v) is 14.2. The van der Waals surface area contributed by atoms with Gasteiger partial charge in [0.2, 0.25) is 0 Å². The fourth-order valence-corrected chi connectivity index (χ4v) is 2.05. The molecule has 0 aliphatic heterocycles. The van der Waals surface area contributed by atoms with E-state index in [-0.39, 0.29) is 11.6 Å². The summed E-state index contributed by atoms with van der Waals surface area (Å²) in [6.07, 6.45) is 1.03. The number of rotatable bonds is 6. The van der Waals surface area contributed by atoms with Gasteiger partial charge in [0, 0.05) is 24.0 Å². The Kier molecular flexibility index (Phi) is 5.84. The van der Waals surface area contributed by atoms with E-state index in [0.29, 0.717) is 28.4 Å². The molecule has 0 saturated carbocycles. The Morgan fingerprint density at radius 2 is 1.92 bits per heavy atom. The summed E-state index contributed by atoms with van der Waals surface area (Å²) in [5.74, 6) is -0.549. The molecule has 0 fully saturated rings. The standard InChI is InChI=1S/C17H20F2N4O2/c1-10(2)9-20-15(24)12-5-4-11(3)14(8-12)21-16(25)13-6-7-23(22-13)17(18)19/h4-8,10,17H,9H2,1-3H3,(H,20,24)(H,21,25). The molecular weight excluding hydrogens is 330 g/mol. The second-order valence-corrected chi connectivity index (χ2v) is 6.05. The zero-order valence-electron chi connectivity index (χ0n) is 14.2. The maximum atomic E-state index is 12.5. The molecule has 6 nitrogen and oxygen atoms in total. The highest BCUT2D eigenvalue weighted by Crippen LogP contribution is 2.18. The monoisotopic (exact) mass is 350 g/mol. The first kappa shape index (κ1) is 18.6. The first-order chi connectivity index (χ1) is 11.8. The molecule has 0 saturated heterocycles. The third kappa shape index (κ3) is 4.85. The number of hydrogen-bond donors (Lipinski definition) is 2. The number of carbonyl (C=O) groups excluding carboxylic acids is 2. The number of aryl methyl sites for hydroxylation is 1. The summed E-state index contributed by atoms with van der Waals surface area (Å²) in [5, 5.41) is 8.91. The van der Waals surface area contributed by atoms with Gasteiger partial charge < -0.3 is 10.6 Å². The molecule has 1 heterocycles. The van der Waals surface area contributed by atoms with Crippen LogP contribution in [0.4, 0.5) is 14.5 Å². The van der Waals surface area contributed by atoms with Crippen LogP contribution < -0.4 is 10.6 Å². The van der Waals surface area contributed by atoms with Crippen molar-refractivity contribution >= 4 is 17.5 Å². The number of nitrogens with one attached hydrogen (secondary N) is 2. The molecule has 0 unspecified atom stereocenters. The van der Waals surface area contributed by atoms with Crippen molar-refractivity contribution in [2.24, 2.45) is 5.92 Å². The van der Waals surface area contributed by atoms with Gasteiger partial charge in [-0.3, -0.25) is 9.59 Å². The molecular formula is C17H20F2N4O2. The molecule has 2 aromatic rings. The van der Waals surface area contributed by atoms with Gasteiger partial charge in [0.25, 0.3) is 11.8 Å². The van der Waals surface area contributed by atoms with Crippen LogP contribution in [0.5, 0.6) is 0 Å². The van der Waals surface area contributed by atoms with Crippen molar-refractivity contribution in [1.29, 1.82) is 0 Å². The number of hydrogen-bond acceptors (Lipinski definition) is 3. The van der Waals surface area contributed by atoms with Gasteiger partial charge in [-0.25, -0.2) is 4.68 Å². The fourth-order valence-electron chi connectivity index (χ4n) is 2.05. The maximum absolute atomic E-state index is 12.5. The van der Waals surface area contributed by atoms with Crippen molar-refractivity contribution in [3.63, 3.8) is 0 Å². The second-order valence-electron chi connectivity index (χ2n) is 6.05. The summed E-state index contributed by atoms with van der Waals surface area (Å²) in [6.45, 7) is 3.47. The molecule has 0 bridgehead atoms. The predicted molar refractivity (Wildman–Crippen MR) is 89.8 cm³/mol. The third-order valence-corrected chi connectivity index (χ3v) is 3.46. The predicted octanol–water partition coefficient (Wildman–Crippen LogP) is 3.22. The number of anilines is 1. The van der Waals surface area contributed by atoms with Crippen LogP contribution in [0.25, 0.3) is 0 Å². The highest BCUT2D eigenvalue weighted by atomic mass is 19.3. The molecule has 1 aromatic heterocycles. The van der Waals surface area contributed by atoms with Gasteiger partial charge in [0.05, 0.1) is 0 Å². The van der Waals surface area contributed by atoms with Gasteiger partial charge in [-0.1, -0.05) is 19.9 Å². The molecule has 0 radical (unpaired) electrons. The molecule has 8 heteroatoms. The van der Waals surface area contributed by atoms with E-state index in [1.165, 1.54) is 6.07 Å². The third-order valence-electron chi connectivity index (χ3n) is 3.46. The number of amides is 2. The maximum Gasteiger partial charge on any atom is 0.333 e. The lowest BCUT2D eigenvalue weighted by atomic mass is 10.1. The van der Waals surface area contributed by atoms with Crippen LogP contribution in [0.1, 0.15) is 46.8 Å².